The van der Waals surface area contributed by atoms with Crippen LogP contribution < -0.4 is 14.4 Å². The second-order valence-electron chi connectivity index (χ2n) is 7.75. The van der Waals surface area contributed by atoms with Gasteiger partial charge in [-0.1, -0.05) is 29.3 Å². The Morgan fingerprint density at radius 3 is 2.35 bits per heavy atom. The van der Waals surface area contributed by atoms with E-state index in [0.717, 1.165) is 14.8 Å². The first kappa shape index (κ1) is 29.5. The van der Waals surface area contributed by atoms with Crippen LogP contribution in [0.3, 0.4) is 0 Å². The Hall–Kier alpha value is -2.04. The highest BCUT2D eigenvalue weighted by Gasteiger charge is 2.27. The van der Waals surface area contributed by atoms with Gasteiger partial charge >= 0.3 is 0 Å². The van der Waals surface area contributed by atoms with Gasteiger partial charge in [0.1, 0.15) is 12.3 Å². The highest BCUT2D eigenvalue weighted by atomic mass is 35.5. The van der Waals surface area contributed by atoms with Crippen LogP contribution in [0.4, 0.5) is 5.69 Å². The van der Waals surface area contributed by atoms with Gasteiger partial charge in [0.2, 0.25) is 5.91 Å². The lowest BCUT2D eigenvalue weighted by Gasteiger charge is -2.24. The number of sulfonamides is 1. The molecule has 0 unspecified atom stereocenters. The summed E-state index contributed by atoms with van der Waals surface area (Å²) in [4.78, 5) is 13.9. The number of hydrogen-bond donors (Lipinski definition) is 1. The molecule has 0 heterocycles. The molecule has 0 aliphatic heterocycles. The molecule has 0 saturated carbocycles. The van der Waals surface area contributed by atoms with Gasteiger partial charge in [-0.05, 0) is 79.4 Å². The predicted octanol–water partition coefficient (Wildman–Crippen LogP) is 6.36. The minimum atomic E-state index is -3.99. The number of ether oxygens (including phenoxy) is 1. The lowest BCUT2D eigenvalue weighted by atomic mass is 10.2. The fourth-order valence-corrected chi connectivity index (χ4v) is 6.58. The molecule has 1 N–H and O–H groups in total. The number of rotatable bonds is 13. The van der Waals surface area contributed by atoms with E-state index in [2.05, 4.69) is 5.32 Å². The van der Waals surface area contributed by atoms with Gasteiger partial charge in [0, 0.05) is 33.0 Å². The third-order valence-corrected chi connectivity index (χ3v) is 9.34. The topological polar surface area (TPSA) is 75.7 Å². The average Bonchev–Trinajstić information content (AvgIpc) is 2.89. The van der Waals surface area contributed by atoms with E-state index in [0.29, 0.717) is 46.1 Å². The molecule has 0 fully saturated rings. The van der Waals surface area contributed by atoms with Crippen LogP contribution in [-0.4, -0.2) is 46.0 Å². The molecule has 0 saturated heterocycles. The minimum absolute atomic E-state index is 0.113. The van der Waals surface area contributed by atoms with Gasteiger partial charge in [-0.3, -0.25) is 9.10 Å². The molecule has 3 aromatic carbocycles. The molecular weight excluding hydrogens is 571 g/mol. The molecule has 0 aliphatic rings. The maximum atomic E-state index is 13.5. The van der Waals surface area contributed by atoms with Crippen LogP contribution >= 0.6 is 46.7 Å². The summed E-state index contributed by atoms with van der Waals surface area (Å²) in [6.07, 6.45) is 1.92. The van der Waals surface area contributed by atoms with E-state index in [1.807, 2.05) is 19.2 Å². The molecule has 0 bridgehead atoms. The first-order valence-corrected chi connectivity index (χ1v) is 16.0. The number of anilines is 1. The molecule has 6 nitrogen and oxygen atoms in total. The average molecular weight is 600 g/mol. The predicted molar refractivity (Wildman–Crippen MR) is 156 cm³/mol. The van der Waals surface area contributed by atoms with Crippen LogP contribution in [0.25, 0.3) is 0 Å². The second kappa shape index (κ2) is 14.2. The van der Waals surface area contributed by atoms with Crippen LogP contribution in [0, 0.1) is 0 Å². The van der Waals surface area contributed by atoms with Gasteiger partial charge in [0.15, 0.2) is 0 Å². The molecule has 37 heavy (non-hydrogen) atoms. The van der Waals surface area contributed by atoms with E-state index in [-0.39, 0.29) is 11.4 Å². The van der Waals surface area contributed by atoms with E-state index < -0.39 is 15.9 Å². The quantitative estimate of drug-likeness (QED) is 0.182. The van der Waals surface area contributed by atoms with Crippen molar-refractivity contribution in [2.75, 3.05) is 36.0 Å². The van der Waals surface area contributed by atoms with Crippen LogP contribution in [-0.2, 0) is 20.6 Å². The monoisotopic (exact) mass is 598 g/mol. The summed E-state index contributed by atoms with van der Waals surface area (Å²) in [5.74, 6) is 1.53. The number of halogens is 2. The zero-order valence-electron chi connectivity index (χ0n) is 20.4. The molecule has 0 aliphatic carbocycles. The SMILES string of the molecule is CCOc1ccc(N(CC(=O)NCCSCc2ccc(Cl)cc2Cl)S(=O)(=O)c2ccc(SC)cc2)cc1. The standard InChI is InChI=1S/C26H28Cl2N2O4S3/c1-3-34-22-8-6-21(7-9-22)30(37(32,33)24-12-10-23(35-2)11-13-24)17-26(31)29-14-15-36-18-19-4-5-20(27)16-25(19)28/h4-13,16H,3,14-15,17-18H2,1-2H3,(H,29,31). The Labute approximate surface area is 237 Å². The molecule has 0 radical (unpaired) electrons. The Balaban J connectivity index is 1.67. The largest absolute Gasteiger partial charge is 0.494 e. The zero-order valence-corrected chi connectivity index (χ0v) is 24.4. The van der Waals surface area contributed by atoms with Gasteiger partial charge in [-0.15, -0.1) is 11.8 Å². The van der Waals surface area contributed by atoms with Crippen molar-refractivity contribution in [3.8, 4) is 5.75 Å². The number of amides is 1. The van der Waals surface area contributed by atoms with Crippen LogP contribution in [0.1, 0.15) is 12.5 Å². The van der Waals surface area contributed by atoms with E-state index in [1.165, 1.54) is 11.8 Å². The highest BCUT2D eigenvalue weighted by molar-refractivity contribution is 7.98. The molecule has 0 spiro atoms. The van der Waals surface area contributed by atoms with Gasteiger partial charge in [-0.2, -0.15) is 11.8 Å². The van der Waals surface area contributed by atoms with Gasteiger partial charge in [0.05, 0.1) is 17.2 Å². The number of nitrogens with one attached hydrogen (secondary N) is 1. The van der Waals surface area contributed by atoms with Crippen molar-refractivity contribution >= 4 is 68.3 Å². The van der Waals surface area contributed by atoms with Crippen molar-refractivity contribution in [2.24, 2.45) is 0 Å². The summed E-state index contributed by atoms with van der Waals surface area (Å²) >= 11 is 15.3. The summed E-state index contributed by atoms with van der Waals surface area (Å²) in [6.45, 7) is 2.39. The fourth-order valence-electron chi connectivity index (χ4n) is 3.34. The molecule has 3 rings (SSSR count). The van der Waals surface area contributed by atoms with Crippen LogP contribution in [0.15, 0.2) is 76.5 Å². The minimum Gasteiger partial charge on any atom is -0.494 e. The van der Waals surface area contributed by atoms with E-state index >= 15 is 0 Å². The first-order chi connectivity index (χ1) is 17.7. The molecular formula is C26H28Cl2N2O4S3. The molecule has 3 aromatic rings. The van der Waals surface area contributed by atoms with Gasteiger partial charge in [0.25, 0.3) is 10.0 Å². The summed E-state index contributed by atoms with van der Waals surface area (Å²) in [5.41, 5.74) is 1.34. The Kier molecular flexibility index (Phi) is 11.3. The molecule has 0 atom stereocenters. The number of nitrogens with zero attached hydrogens (tertiary/aromatic N) is 1. The number of benzene rings is 3. The van der Waals surface area contributed by atoms with Crippen molar-refractivity contribution in [1.29, 1.82) is 0 Å². The zero-order chi connectivity index (χ0) is 26.8. The number of thioether (sulfide) groups is 2. The summed E-state index contributed by atoms with van der Waals surface area (Å²) in [7, 11) is -3.99. The van der Waals surface area contributed by atoms with Crippen molar-refractivity contribution in [3.05, 3.63) is 82.3 Å². The molecule has 198 valence electrons. The maximum Gasteiger partial charge on any atom is 0.264 e. The van der Waals surface area contributed by atoms with Crippen LogP contribution in [0.2, 0.25) is 10.0 Å². The fraction of sp³-hybridized carbons (Fsp3) is 0.269. The maximum absolute atomic E-state index is 13.5. The summed E-state index contributed by atoms with van der Waals surface area (Å²) in [6, 6.07) is 18.6. The van der Waals surface area contributed by atoms with Crippen molar-refractivity contribution in [3.63, 3.8) is 0 Å². The molecule has 0 aromatic heterocycles. The Morgan fingerprint density at radius 1 is 1.03 bits per heavy atom. The van der Waals surface area contributed by atoms with Gasteiger partial charge in [-0.25, -0.2) is 8.42 Å². The summed E-state index contributed by atoms with van der Waals surface area (Å²) < 4.78 is 33.7. The normalized spacial score (nSPS) is 11.2. The van der Waals surface area contributed by atoms with Crippen molar-refractivity contribution < 1.29 is 17.9 Å². The number of hydrogen-bond acceptors (Lipinski definition) is 6. The highest BCUT2D eigenvalue weighted by Crippen LogP contribution is 2.27. The number of carbonyl (C=O) groups is 1. The van der Waals surface area contributed by atoms with Crippen molar-refractivity contribution in [1.82, 2.24) is 5.32 Å². The smallest absolute Gasteiger partial charge is 0.264 e. The van der Waals surface area contributed by atoms with E-state index in [9.17, 15) is 13.2 Å². The van der Waals surface area contributed by atoms with Crippen molar-refractivity contribution in [2.45, 2.75) is 22.5 Å². The lowest BCUT2D eigenvalue weighted by molar-refractivity contribution is -0.119. The van der Waals surface area contributed by atoms with Crippen LogP contribution in [0.5, 0.6) is 5.75 Å². The Bertz CT molecular complexity index is 1290. The molecule has 11 heteroatoms. The first-order valence-electron chi connectivity index (χ1n) is 11.4. The third-order valence-electron chi connectivity index (χ3n) is 5.21. The van der Waals surface area contributed by atoms with E-state index in [4.69, 9.17) is 27.9 Å². The summed E-state index contributed by atoms with van der Waals surface area (Å²) in [5, 5.41) is 4.00. The van der Waals surface area contributed by atoms with E-state index in [1.54, 1.807) is 72.4 Å². The Morgan fingerprint density at radius 2 is 1.73 bits per heavy atom. The molecule has 1 amide bonds. The van der Waals surface area contributed by atoms with Gasteiger partial charge < -0.3 is 10.1 Å². The lowest BCUT2D eigenvalue weighted by Crippen LogP contribution is -2.41. The second-order valence-corrected chi connectivity index (χ2v) is 12.4. The third kappa shape index (κ3) is 8.48. The number of carbonyl (C=O) groups excluding carboxylic acids is 1.